The molecule has 0 fully saturated rings. The number of benzene rings is 2. The molecule has 2 N–H and O–H groups in total. The molecule has 1 aliphatic heterocycles. The summed E-state index contributed by atoms with van der Waals surface area (Å²) in [5.74, 6) is 1.21. The predicted molar refractivity (Wildman–Crippen MR) is 86.7 cm³/mol. The van der Waals surface area contributed by atoms with Crippen LogP contribution >= 0.6 is 12.2 Å². The van der Waals surface area contributed by atoms with Crippen LogP contribution in [-0.4, -0.2) is 11.9 Å². The van der Waals surface area contributed by atoms with Crippen molar-refractivity contribution in [3.63, 3.8) is 0 Å². The number of ether oxygens (including phenoxy) is 2. The van der Waals surface area contributed by atoms with E-state index in [1.54, 1.807) is 12.1 Å². The highest BCUT2D eigenvalue weighted by Gasteiger charge is 2.16. The molecule has 4 nitrogen and oxygen atoms in total. The van der Waals surface area contributed by atoms with Crippen LogP contribution in [0.2, 0.25) is 0 Å². The largest absolute Gasteiger partial charge is 0.454 e. The van der Waals surface area contributed by atoms with E-state index >= 15 is 0 Å². The summed E-state index contributed by atoms with van der Waals surface area (Å²) in [4.78, 5) is 0. The lowest BCUT2D eigenvalue weighted by Crippen LogP contribution is -2.30. The highest BCUT2D eigenvalue weighted by atomic mass is 32.1. The van der Waals surface area contributed by atoms with Crippen LogP contribution in [0.3, 0.4) is 0 Å². The molecule has 1 atom stereocenters. The molecule has 1 aliphatic rings. The Hall–Kier alpha value is -2.34. The number of rotatable bonds is 3. The quantitative estimate of drug-likeness (QED) is 0.847. The second-order valence-electron chi connectivity index (χ2n) is 4.94. The molecule has 22 heavy (non-hydrogen) atoms. The first-order valence-electron chi connectivity index (χ1n) is 6.84. The van der Waals surface area contributed by atoms with Crippen molar-refractivity contribution in [2.24, 2.45) is 0 Å². The smallest absolute Gasteiger partial charge is 0.231 e. The van der Waals surface area contributed by atoms with E-state index in [1.165, 1.54) is 12.1 Å². The lowest BCUT2D eigenvalue weighted by Gasteiger charge is -2.17. The summed E-state index contributed by atoms with van der Waals surface area (Å²) in [7, 11) is 0. The van der Waals surface area contributed by atoms with Gasteiger partial charge >= 0.3 is 0 Å². The van der Waals surface area contributed by atoms with E-state index < -0.39 is 0 Å². The highest BCUT2D eigenvalue weighted by Crippen LogP contribution is 2.34. The van der Waals surface area contributed by atoms with Crippen molar-refractivity contribution in [3.05, 3.63) is 53.8 Å². The predicted octanol–water partition coefficient (Wildman–Crippen LogP) is 3.60. The van der Waals surface area contributed by atoms with E-state index in [4.69, 9.17) is 21.7 Å². The van der Waals surface area contributed by atoms with Crippen LogP contribution in [0.25, 0.3) is 0 Å². The van der Waals surface area contributed by atoms with E-state index in [9.17, 15) is 4.39 Å². The maximum atomic E-state index is 12.9. The van der Waals surface area contributed by atoms with Gasteiger partial charge in [-0.15, -0.1) is 0 Å². The Labute approximate surface area is 133 Å². The Bertz CT molecular complexity index is 691. The van der Waals surface area contributed by atoms with Crippen LogP contribution < -0.4 is 20.1 Å². The SMILES string of the molecule is CC(NC(=S)Nc1ccc(F)cc1)c1ccc2c(c1)OCO2. The first-order chi connectivity index (χ1) is 10.6. The minimum atomic E-state index is -0.279. The zero-order chi connectivity index (χ0) is 15.5. The minimum absolute atomic E-state index is 0.00468. The Morgan fingerprint density at radius 2 is 1.86 bits per heavy atom. The second-order valence-corrected chi connectivity index (χ2v) is 5.35. The summed E-state index contributed by atoms with van der Waals surface area (Å²) in [6, 6.07) is 11.8. The third kappa shape index (κ3) is 3.28. The number of hydrogen-bond acceptors (Lipinski definition) is 3. The van der Waals surface area contributed by atoms with Gasteiger partial charge < -0.3 is 20.1 Å². The zero-order valence-corrected chi connectivity index (χ0v) is 12.7. The molecular weight excluding hydrogens is 303 g/mol. The van der Waals surface area contributed by atoms with E-state index in [2.05, 4.69) is 10.6 Å². The Balaban J connectivity index is 1.62. The normalized spacial score (nSPS) is 13.5. The lowest BCUT2D eigenvalue weighted by molar-refractivity contribution is 0.174. The van der Waals surface area contributed by atoms with Gasteiger partial charge in [0.1, 0.15) is 5.82 Å². The number of fused-ring (bicyclic) bond motifs is 1. The number of halogens is 1. The molecule has 2 aromatic carbocycles. The standard InChI is InChI=1S/C16H15FN2O2S/c1-10(11-2-7-14-15(8-11)21-9-20-14)18-16(22)19-13-5-3-12(17)4-6-13/h2-8,10H,9H2,1H3,(H2,18,19,22). The molecule has 2 aromatic rings. The first-order valence-corrected chi connectivity index (χ1v) is 7.25. The van der Waals surface area contributed by atoms with Crippen LogP contribution in [0.1, 0.15) is 18.5 Å². The number of hydrogen-bond donors (Lipinski definition) is 2. The Morgan fingerprint density at radius 3 is 2.64 bits per heavy atom. The summed E-state index contributed by atoms with van der Waals surface area (Å²) < 4.78 is 23.5. The van der Waals surface area contributed by atoms with E-state index in [-0.39, 0.29) is 18.7 Å². The van der Waals surface area contributed by atoms with Crippen molar-refractivity contribution in [2.75, 3.05) is 12.1 Å². The van der Waals surface area contributed by atoms with E-state index in [0.29, 0.717) is 5.11 Å². The van der Waals surface area contributed by atoms with Crippen molar-refractivity contribution in [1.29, 1.82) is 0 Å². The Morgan fingerprint density at radius 1 is 1.14 bits per heavy atom. The van der Waals surface area contributed by atoms with Crippen LogP contribution in [-0.2, 0) is 0 Å². The molecule has 0 saturated heterocycles. The maximum Gasteiger partial charge on any atom is 0.231 e. The Kier molecular flexibility index (Phi) is 4.11. The molecule has 0 radical (unpaired) electrons. The van der Waals surface area contributed by atoms with Gasteiger partial charge in [0.15, 0.2) is 16.6 Å². The van der Waals surface area contributed by atoms with Crippen LogP contribution in [0, 0.1) is 5.82 Å². The fourth-order valence-corrected chi connectivity index (χ4v) is 2.46. The van der Waals surface area contributed by atoms with Gasteiger partial charge in [0.25, 0.3) is 0 Å². The zero-order valence-electron chi connectivity index (χ0n) is 11.9. The molecule has 114 valence electrons. The van der Waals surface area contributed by atoms with Gasteiger partial charge in [-0.05, 0) is 61.1 Å². The summed E-state index contributed by atoms with van der Waals surface area (Å²) in [5.41, 5.74) is 1.77. The number of nitrogens with one attached hydrogen (secondary N) is 2. The van der Waals surface area contributed by atoms with Gasteiger partial charge in [-0.25, -0.2) is 4.39 Å². The topological polar surface area (TPSA) is 42.5 Å². The molecule has 0 aromatic heterocycles. The maximum absolute atomic E-state index is 12.9. The van der Waals surface area contributed by atoms with Crippen LogP contribution in [0.4, 0.5) is 10.1 Å². The van der Waals surface area contributed by atoms with Crippen molar-refractivity contribution < 1.29 is 13.9 Å². The third-order valence-electron chi connectivity index (χ3n) is 3.35. The number of thiocarbonyl (C=S) groups is 1. The molecular formula is C16H15FN2O2S. The molecule has 0 aliphatic carbocycles. The number of anilines is 1. The van der Waals surface area contributed by atoms with Gasteiger partial charge in [0, 0.05) is 5.69 Å². The third-order valence-corrected chi connectivity index (χ3v) is 3.57. The van der Waals surface area contributed by atoms with Gasteiger partial charge in [-0.3, -0.25) is 0 Å². The molecule has 0 spiro atoms. The fraction of sp³-hybridized carbons (Fsp3) is 0.188. The van der Waals surface area contributed by atoms with E-state index in [0.717, 1.165) is 22.7 Å². The van der Waals surface area contributed by atoms with E-state index in [1.807, 2.05) is 25.1 Å². The monoisotopic (exact) mass is 318 g/mol. The molecule has 0 amide bonds. The van der Waals surface area contributed by atoms with Gasteiger partial charge in [-0.1, -0.05) is 6.07 Å². The highest BCUT2D eigenvalue weighted by molar-refractivity contribution is 7.80. The fourth-order valence-electron chi connectivity index (χ4n) is 2.16. The molecule has 3 rings (SSSR count). The van der Waals surface area contributed by atoms with Gasteiger partial charge in [-0.2, -0.15) is 0 Å². The van der Waals surface area contributed by atoms with Crippen molar-refractivity contribution in [1.82, 2.24) is 5.32 Å². The second kappa shape index (κ2) is 6.19. The molecule has 1 unspecified atom stereocenters. The van der Waals surface area contributed by atoms with Gasteiger partial charge in [0.2, 0.25) is 6.79 Å². The molecule has 0 saturated carbocycles. The minimum Gasteiger partial charge on any atom is -0.454 e. The van der Waals surface area contributed by atoms with Crippen molar-refractivity contribution in [2.45, 2.75) is 13.0 Å². The van der Waals surface area contributed by atoms with Crippen molar-refractivity contribution in [3.8, 4) is 11.5 Å². The summed E-state index contributed by atoms with van der Waals surface area (Å²) in [5, 5.41) is 6.67. The van der Waals surface area contributed by atoms with Crippen molar-refractivity contribution >= 4 is 23.0 Å². The average Bonchev–Trinajstić information content (AvgIpc) is 2.97. The summed E-state index contributed by atoms with van der Waals surface area (Å²) in [6.45, 7) is 2.25. The first kappa shape index (κ1) is 14.6. The lowest BCUT2D eigenvalue weighted by atomic mass is 10.1. The summed E-state index contributed by atoms with van der Waals surface area (Å²) >= 11 is 5.27. The van der Waals surface area contributed by atoms with Gasteiger partial charge in [0.05, 0.1) is 6.04 Å². The molecule has 6 heteroatoms. The summed E-state index contributed by atoms with van der Waals surface area (Å²) in [6.07, 6.45) is 0. The van der Waals surface area contributed by atoms with Crippen LogP contribution in [0.5, 0.6) is 11.5 Å². The van der Waals surface area contributed by atoms with Crippen LogP contribution in [0.15, 0.2) is 42.5 Å². The molecule has 1 heterocycles. The average molecular weight is 318 g/mol. The molecule has 0 bridgehead atoms.